The van der Waals surface area contributed by atoms with Crippen LogP contribution in [0, 0.1) is 0 Å². The van der Waals surface area contributed by atoms with Crippen LogP contribution in [0.1, 0.15) is 11.1 Å². The molecule has 1 heterocycles. The largest absolute Gasteiger partial charge is 1.00 e. The Kier molecular flexibility index (Phi) is 5.02. The van der Waals surface area contributed by atoms with Crippen LogP contribution in [0.25, 0.3) is 11.6 Å². The van der Waals surface area contributed by atoms with E-state index in [1.807, 2.05) is 36.4 Å². The summed E-state index contributed by atoms with van der Waals surface area (Å²) in [4.78, 5) is 11.9. The van der Waals surface area contributed by atoms with Gasteiger partial charge in [-0.25, -0.2) is 4.79 Å². The molecule has 0 fully saturated rings. The average Bonchev–Trinajstić information content (AvgIpc) is 2.75. The molecule has 21 heavy (non-hydrogen) atoms. The van der Waals surface area contributed by atoms with Crippen molar-refractivity contribution in [2.75, 3.05) is 0 Å². The molecule has 0 spiro atoms. The number of carbonyl (C=O) groups excluding carboxylic acids is 1. The maximum absolute atomic E-state index is 12.3. The average molecular weight is 286 g/mol. The van der Waals surface area contributed by atoms with Gasteiger partial charge in [-0.15, -0.1) is 0 Å². The van der Waals surface area contributed by atoms with Gasteiger partial charge >= 0.3 is 35.5 Å². The first-order chi connectivity index (χ1) is 9.75. The molecule has 0 radical (unpaired) electrons. The van der Waals surface area contributed by atoms with E-state index in [9.17, 15) is 9.90 Å². The second kappa shape index (κ2) is 6.76. The molecule has 0 unspecified atom stereocenters. The minimum atomic E-state index is -0.594. The van der Waals surface area contributed by atoms with E-state index in [0.29, 0.717) is 5.56 Å². The normalized spacial score (nSPS) is 15.8. The third kappa shape index (κ3) is 3.27. The van der Waals surface area contributed by atoms with Crippen LogP contribution in [0.3, 0.4) is 0 Å². The van der Waals surface area contributed by atoms with E-state index in [0.717, 1.165) is 5.56 Å². The van der Waals surface area contributed by atoms with Gasteiger partial charge in [0.2, 0.25) is 0 Å². The summed E-state index contributed by atoms with van der Waals surface area (Å²) in [6.07, 6.45) is 1.58. The van der Waals surface area contributed by atoms with E-state index in [1.165, 1.54) is 0 Å². The van der Waals surface area contributed by atoms with Crippen molar-refractivity contribution in [1.29, 1.82) is 0 Å². The molecule has 98 valence electrons. The Balaban J connectivity index is 0.00000161. The molecule has 0 aromatic heterocycles. The van der Waals surface area contributed by atoms with Crippen molar-refractivity contribution in [1.82, 2.24) is 0 Å². The second-order valence-corrected chi connectivity index (χ2v) is 4.38. The summed E-state index contributed by atoms with van der Waals surface area (Å²) in [6.45, 7) is 0. The van der Waals surface area contributed by atoms with Gasteiger partial charge in [0.1, 0.15) is 5.76 Å². The van der Waals surface area contributed by atoms with Gasteiger partial charge in [0, 0.05) is 0 Å². The van der Waals surface area contributed by atoms with Crippen molar-refractivity contribution in [2.24, 2.45) is 0 Å². The zero-order valence-corrected chi connectivity index (χ0v) is 13.6. The smallest absolute Gasteiger partial charge is 0.869 e. The quantitative estimate of drug-likeness (QED) is 0.545. The van der Waals surface area contributed by atoms with E-state index in [2.05, 4.69) is 0 Å². The van der Waals surface area contributed by atoms with Crippen LogP contribution in [0.2, 0.25) is 0 Å². The molecule has 0 saturated carbocycles. The molecule has 1 aliphatic heterocycles. The molecule has 2 aromatic rings. The summed E-state index contributed by atoms with van der Waals surface area (Å²) in [5, 5.41) is 12.3. The standard InChI is InChI=1S/C17H12O3.Na/c18-16-14(11-12-7-3-1-4-8-12)20-17(19)15(16)13-9-5-2-6-10-13;/h1-11,18H;/q;+1/p-1/b14-11-;. The molecule has 0 atom stereocenters. The van der Waals surface area contributed by atoms with Crippen molar-refractivity contribution in [3.63, 3.8) is 0 Å². The third-order valence-electron chi connectivity index (χ3n) is 3.02. The van der Waals surface area contributed by atoms with Gasteiger partial charge in [-0.3, -0.25) is 0 Å². The third-order valence-corrected chi connectivity index (χ3v) is 3.02. The summed E-state index contributed by atoms with van der Waals surface area (Å²) < 4.78 is 5.08. The Morgan fingerprint density at radius 3 is 2.10 bits per heavy atom. The Morgan fingerprint density at radius 2 is 1.48 bits per heavy atom. The molecular weight excluding hydrogens is 275 g/mol. The monoisotopic (exact) mass is 286 g/mol. The molecule has 0 saturated heterocycles. The summed E-state index contributed by atoms with van der Waals surface area (Å²) >= 11 is 0. The Bertz CT molecular complexity index is 703. The summed E-state index contributed by atoms with van der Waals surface area (Å²) in [5.74, 6) is -0.895. The molecular formula is C17H11NaO3. The molecule has 3 nitrogen and oxygen atoms in total. The number of cyclic esters (lactones) is 1. The number of hydrogen-bond acceptors (Lipinski definition) is 3. The predicted octanol–water partition coefficient (Wildman–Crippen LogP) is -0.640. The molecule has 0 amide bonds. The van der Waals surface area contributed by atoms with Gasteiger partial charge in [-0.2, -0.15) is 0 Å². The van der Waals surface area contributed by atoms with Gasteiger partial charge in [0.25, 0.3) is 0 Å². The van der Waals surface area contributed by atoms with E-state index >= 15 is 0 Å². The minimum Gasteiger partial charge on any atom is -0.869 e. The molecule has 0 N–H and O–H groups in total. The fourth-order valence-electron chi connectivity index (χ4n) is 2.06. The molecule has 0 bridgehead atoms. The van der Waals surface area contributed by atoms with E-state index < -0.39 is 5.97 Å². The minimum absolute atomic E-state index is 0. The number of rotatable bonds is 2. The molecule has 0 aliphatic carbocycles. The molecule has 4 heteroatoms. The summed E-state index contributed by atoms with van der Waals surface area (Å²) in [7, 11) is 0. The van der Waals surface area contributed by atoms with Crippen molar-refractivity contribution < 1.29 is 44.2 Å². The van der Waals surface area contributed by atoms with Crippen molar-refractivity contribution in [3.05, 3.63) is 83.3 Å². The van der Waals surface area contributed by atoms with Crippen LogP contribution in [0.15, 0.2) is 72.2 Å². The van der Waals surface area contributed by atoms with Crippen LogP contribution in [-0.4, -0.2) is 5.97 Å². The van der Waals surface area contributed by atoms with Crippen LogP contribution in [-0.2, 0) is 9.53 Å². The van der Waals surface area contributed by atoms with E-state index in [-0.39, 0.29) is 46.6 Å². The van der Waals surface area contributed by atoms with Gasteiger partial charge in [0.15, 0.2) is 0 Å². The van der Waals surface area contributed by atoms with Gasteiger partial charge in [0.05, 0.1) is 5.57 Å². The van der Waals surface area contributed by atoms with Crippen LogP contribution < -0.4 is 34.7 Å². The van der Waals surface area contributed by atoms with Gasteiger partial charge in [-0.1, -0.05) is 60.7 Å². The number of carbonyl (C=O) groups is 1. The molecule has 2 aromatic carbocycles. The first-order valence-corrected chi connectivity index (χ1v) is 6.22. The Labute approximate surface area is 144 Å². The van der Waals surface area contributed by atoms with E-state index in [4.69, 9.17) is 4.74 Å². The Morgan fingerprint density at radius 1 is 0.905 bits per heavy atom. The topological polar surface area (TPSA) is 49.4 Å². The zero-order chi connectivity index (χ0) is 13.9. The fraction of sp³-hybridized carbons (Fsp3) is 0. The molecule has 1 aliphatic rings. The summed E-state index contributed by atoms with van der Waals surface area (Å²) in [6, 6.07) is 18.1. The SMILES string of the molecule is O=C1O/C(=C\c2ccccc2)C([O-])=C1c1ccccc1.[Na+]. The van der Waals surface area contributed by atoms with Gasteiger partial charge in [-0.05, 0) is 23.0 Å². The second-order valence-electron chi connectivity index (χ2n) is 4.38. The fourth-order valence-corrected chi connectivity index (χ4v) is 2.06. The van der Waals surface area contributed by atoms with Crippen molar-refractivity contribution in [2.45, 2.75) is 0 Å². The number of hydrogen-bond donors (Lipinski definition) is 0. The first-order valence-electron chi connectivity index (χ1n) is 6.22. The summed E-state index contributed by atoms with van der Waals surface area (Å²) in [5.41, 5.74) is 1.49. The van der Waals surface area contributed by atoms with Crippen molar-refractivity contribution >= 4 is 17.6 Å². The van der Waals surface area contributed by atoms with Gasteiger partial charge < -0.3 is 9.84 Å². The van der Waals surface area contributed by atoms with E-state index in [1.54, 1.807) is 30.3 Å². The maximum Gasteiger partial charge on any atom is 1.00 e. The first kappa shape index (κ1) is 15.6. The molecule has 3 rings (SSSR count). The zero-order valence-electron chi connectivity index (χ0n) is 11.6. The number of ether oxygens (including phenoxy) is 1. The van der Waals surface area contributed by atoms with Crippen LogP contribution >= 0.6 is 0 Å². The predicted molar refractivity (Wildman–Crippen MR) is 73.9 cm³/mol. The Hall–Kier alpha value is -1.81. The number of benzene rings is 2. The number of esters is 1. The van der Waals surface area contributed by atoms with Crippen molar-refractivity contribution in [3.8, 4) is 0 Å². The van der Waals surface area contributed by atoms with Crippen LogP contribution in [0.4, 0.5) is 0 Å². The maximum atomic E-state index is 12.3. The van der Waals surface area contributed by atoms with Crippen LogP contribution in [0.5, 0.6) is 0 Å².